The van der Waals surface area contributed by atoms with Crippen molar-refractivity contribution < 1.29 is 32.4 Å². The van der Waals surface area contributed by atoms with E-state index in [1.807, 2.05) is 6.92 Å². The molecule has 1 aromatic rings. The Morgan fingerprint density at radius 3 is 2.36 bits per heavy atom. The van der Waals surface area contributed by atoms with E-state index in [1.54, 1.807) is 18.2 Å². The SMILES string of the molecule is CCCc1ccccc1OC(=O)C(CC(=O)O)S(=O)(=O)O.[KH]. The summed E-state index contributed by atoms with van der Waals surface area (Å²) in [5, 5.41) is 6.47. The molecule has 1 atom stereocenters. The van der Waals surface area contributed by atoms with Gasteiger partial charge in [-0.25, -0.2) is 0 Å². The molecule has 0 aromatic heterocycles. The molecule has 9 heteroatoms. The predicted molar refractivity (Wildman–Crippen MR) is 80.8 cm³/mol. The van der Waals surface area contributed by atoms with Gasteiger partial charge in [0.1, 0.15) is 5.75 Å². The zero-order valence-electron chi connectivity index (χ0n) is 11.4. The first-order chi connectivity index (χ1) is 9.75. The number of para-hydroxylation sites is 1. The van der Waals surface area contributed by atoms with Crippen LogP contribution < -0.4 is 4.74 Å². The van der Waals surface area contributed by atoms with Crippen LogP contribution in [0.4, 0.5) is 0 Å². The van der Waals surface area contributed by atoms with E-state index in [1.165, 1.54) is 6.07 Å². The van der Waals surface area contributed by atoms with Crippen LogP contribution in [0.25, 0.3) is 0 Å². The van der Waals surface area contributed by atoms with Gasteiger partial charge in [0.2, 0.25) is 0 Å². The topological polar surface area (TPSA) is 118 Å². The molecule has 0 saturated heterocycles. The fourth-order valence-corrected chi connectivity index (χ4v) is 2.37. The summed E-state index contributed by atoms with van der Waals surface area (Å²) < 4.78 is 36.1. The van der Waals surface area contributed by atoms with Crippen molar-refractivity contribution in [3.8, 4) is 5.75 Å². The molecule has 118 valence electrons. The van der Waals surface area contributed by atoms with Gasteiger partial charge in [0.25, 0.3) is 10.1 Å². The molecular formula is C13H17KO7S. The van der Waals surface area contributed by atoms with E-state index in [0.717, 1.165) is 6.42 Å². The maximum atomic E-state index is 11.8. The summed E-state index contributed by atoms with van der Waals surface area (Å²) in [5.74, 6) is -2.69. The number of benzene rings is 1. The van der Waals surface area contributed by atoms with Gasteiger partial charge >= 0.3 is 63.3 Å². The van der Waals surface area contributed by atoms with Gasteiger partial charge in [-0.15, -0.1) is 0 Å². The normalized spacial score (nSPS) is 12.1. The van der Waals surface area contributed by atoms with E-state index >= 15 is 0 Å². The second-order valence-electron chi connectivity index (χ2n) is 4.38. The number of hydrogen-bond acceptors (Lipinski definition) is 5. The number of ether oxygens (including phenoxy) is 1. The third kappa shape index (κ3) is 6.86. The fourth-order valence-electron chi connectivity index (χ4n) is 1.72. The van der Waals surface area contributed by atoms with Gasteiger partial charge in [0.05, 0.1) is 6.42 Å². The molecule has 0 spiro atoms. The van der Waals surface area contributed by atoms with Crippen LogP contribution in [0.1, 0.15) is 25.3 Å². The summed E-state index contributed by atoms with van der Waals surface area (Å²) in [6.07, 6.45) is 0.331. The number of hydrogen-bond donors (Lipinski definition) is 2. The molecule has 1 unspecified atom stereocenters. The Kier molecular flexibility index (Phi) is 9.63. The number of carboxylic acid groups (broad SMARTS) is 1. The van der Waals surface area contributed by atoms with E-state index in [4.69, 9.17) is 14.4 Å². The van der Waals surface area contributed by atoms with Gasteiger partial charge < -0.3 is 9.84 Å². The van der Waals surface area contributed by atoms with Gasteiger partial charge in [-0.05, 0) is 18.1 Å². The molecule has 1 rings (SSSR count). The predicted octanol–water partition coefficient (Wildman–Crippen LogP) is 0.627. The van der Waals surface area contributed by atoms with Crippen LogP contribution in [-0.4, -0.2) is 86.7 Å². The molecule has 0 bridgehead atoms. The van der Waals surface area contributed by atoms with Gasteiger partial charge in [-0.1, -0.05) is 31.5 Å². The Hall–Kier alpha value is -0.294. The molecule has 22 heavy (non-hydrogen) atoms. The van der Waals surface area contributed by atoms with Gasteiger partial charge in [-0.3, -0.25) is 14.1 Å². The number of carbonyl (C=O) groups is 2. The standard InChI is InChI=1S/C13H16O7S.K.H/c1-2-5-9-6-3-4-7-10(9)20-13(16)11(8-12(14)15)21(17,18)19;;/h3-4,6-7,11H,2,5,8H2,1H3,(H,14,15)(H,17,18,19);;. The summed E-state index contributed by atoms with van der Waals surface area (Å²) in [6, 6.07) is 6.53. The number of esters is 1. The summed E-state index contributed by atoms with van der Waals surface area (Å²) in [6.45, 7) is 1.92. The molecular weight excluding hydrogens is 339 g/mol. The first-order valence-corrected chi connectivity index (χ1v) is 7.73. The molecule has 0 radical (unpaired) electrons. The van der Waals surface area contributed by atoms with Crippen LogP contribution in [0.5, 0.6) is 5.75 Å². The Bertz CT molecular complexity index is 627. The Morgan fingerprint density at radius 2 is 1.86 bits per heavy atom. The average molecular weight is 356 g/mol. The molecule has 0 aliphatic carbocycles. The molecule has 0 heterocycles. The minimum absolute atomic E-state index is 0. The summed E-state index contributed by atoms with van der Waals surface area (Å²) in [4.78, 5) is 22.4. The minimum atomic E-state index is -4.86. The van der Waals surface area contributed by atoms with Gasteiger partial charge in [0.15, 0.2) is 5.25 Å². The van der Waals surface area contributed by atoms with Crippen molar-refractivity contribution in [1.29, 1.82) is 0 Å². The second-order valence-corrected chi connectivity index (χ2v) is 5.98. The summed E-state index contributed by atoms with van der Waals surface area (Å²) in [5.41, 5.74) is 0.692. The van der Waals surface area contributed by atoms with Crippen LogP contribution in [-0.2, 0) is 26.1 Å². The van der Waals surface area contributed by atoms with Crippen molar-refractivity contribution in [2.24, 2.45) is 0 Å². The number of aliphatic carboxylic acids is 1. The third-order valence-electron chi connectivity index (χ3n) is 2.68. The first kappa shape index (κ1) is 21.7. The van der Waals surface area contributed by atoms with Crippen LogP contribution in [0.3, 0.4) is 0 Å². The molecule has 0 amide bonds. The van der Waals surface area contributed by atoms with Crippen molar-refractivity contribution in [3.05, 3.63) is 29.8 Å². The van der Waals surface area contributed by atoms with E-state index < -0.39 is 33.7 Å². The average Bonchev–Trinajstić information content (AvgIpc) is 2.37. The van der Waals surface area contributed by atoms with E-state index in [2.05, 4.69) is 0 Å². The zero-order chi connectivity index (χ0) is 16.0. The first-order valence-electron chi connectivity index (χ1n) is 6.23. The number of carbonyl (C=O) groups excluding carboxylic acids is 1. The van der Waals surface area contributed by atoms with Gasteiger partial charge in [0, 0.05) is 0 Å². The van der Waals surface area contributed by atoms with Crippen molar-refractivity contribution >= 4 is 73.4 Å². The zero-order valence-corrected chi connectivity index (χ0v) is 12.2. The van der Waals surface area contributed by atoms with E-state index in [9.17, 15) is 18.0 Å². The van der Waals surface area contributed by atoms with E-state index in [0.29, 0.717) is 12.0 Å². The van der Waals surface area contributed by atoms with Crippen LogP contribution >= 0.6 is 0 Å². The van der Waals surface area contributed by atoms with Crippen LogP contribution in [0.15, 0.2) is 24.3 Å². The number of carboxylic acids is 1. The molecule has 0 aliphatic rings. The molecule has 0 fully saturated rings. The Labute approximate surface area is 171 Å². The molecule has 0 saturated carbocycles. The van der Waals surface area contributed by atoms with Crippen LogP contribution in [0.2, 0.25) is 0 Å². The van der Waals surface area contributed by atoms with Crippen molar-refractivity contribution in [2.45, 2.75) is 31.4 Å². The quantitative estimate of drug-likeness (QED) is 0.318. The molecule has 0 aliphatic heterocycles. The monoisotopic (exact) mass is 356 g/mol. The fraction of sp³-hybridized carbons (Fsp3) is 0.385. The molecule has 2 N–H and O–H groups in total. The molecule has 7 nitrogen and oxygen atoms in total. The van der Waals surface area contributed by atoms with E-state index in [-0.39, 0.29) is 57.1 Å². The van der Waals surface area contributed by atoms with Crippen molar-refractivity contribution in [3.63, 3.8) is 0 Å². The third-order valence-corrected chi connectivity index (χ3v) is 3.76. The second kappa shape index (κ2) is 9.76. The Balaban J connectivity index is 0.00000441. The molecule has 1 aromatic carbocycles. The summed E-state index contributed by atoms with van der Waals surface area (Å²) in [7, 11) is -4.86. The van der Waals surface area contributed by atoms with Crippen LogP contribution in [0, 0.1) is 0 Å². The Morgan fingerprint density at radius 1 is 1.27 bits per heavy atom. The summed E-state index contributed by atoms with van der Waals surface area (Å²) >= 11 is 0. The van der Waals surface area contributed by atoms with Crippen molar-refractivity contribution in [1.82, 2.24) is 0 Å². The maximum absolute atomic E-state index is 11.8. The number of aryl methyl sites for hydroxylation is 1. The van der Waals surface area contributed by atoms with Crippen molar-refractivity contribution in [2.75, 3.05) is 0 Å². The number of rotatable bonds is 7. The van der Waals surface area contributed by atoms with Gasteiger partial charge in [-0.2, -0.15) is 8.42 Å².